The second-order valence-corrected chi connectivity index (χ2v) is 6.28. The molecule has 1 aromatic carbocycles. The van der Waals surface area contributed by atoms with Crippen LogP contribution in [0.4, 0.5) is 4.39 Å². The van der Waals surface area contributed by atoms with E-state index >= 15 is 0 Å². The fourth-order valence-electron chi connectivity index (χ4n) is 3.06. The predicted molar refractivity (Wildman–Crippen MR) is 93.8 cm³/mol. The average molecular weight is 359 g/mol. The Bertz CT molecular complexity index is 754. The number of benzene rings is 1. The second kappa shape index (κ2) is 8.25. The van der Waals surface area contributed by atoms with Crippen molar-refractivity contribution in [2.45, 2.75) is 32.2 Å². The van der Waals surface area contributed by atoms with Crippen molar-refractivity contribution in [1.82, 2.24) is 9.88 Å². The van der Waals surface area contributed by atoms with Gasteiger partial charge in [0.2, 0.25) is 11.8 Å². The van der Waals surface area contributed by atoms with E-state index in [2.05, 4.69) is 4.98 Å². The SMILES string of the molecule is C[C@H]1OCCN(Cc2ccc(OCc3ccccc3F)nc2)[C@@H]1C(N)=O. The van der Waals surface area contributed by atoms with Gasteiger partial charge in [-0.25, -0.2) is 9.37 Å². The van der Waals surface area contributed by atoms with Crippen LogP contribution in [0.5, 0.6) is 5.88 Å². The molecule has 138 valence electrons. The standard InChI is InChI=1S/C19H22FN3O3/c1-13-18(19(21)24)23(8-9-25-13)11-14-6-7-17(22-10-14)26-12-15-4-2-3-5-16(15)20/h2-7,10,13,18H,8-9,11-12H2,1H3,(H2,21,24)/t13-,18+/m1/s1. The zero-order valence-corrected chi connectivity index (χ0v) is 14.6. The molecular formula is C19H22FN3O3. The van der Waals surface area contributed by atoms with Crippen LogP contribution in [0.2, 0.25) is 0 Å². The Kier molecular flexibility index (Phi) is 5.80. The highest BCUT2D eigenvalue weighted by molar-refractivity contribution is 5.80. The lowest BCUT2D eigenvalue weighted by atomic mass is 10.1. The summed E-state index contributed by atoms with van der Waals surface area (Å²) in [6, 6.07) is 9.62. The van der Waals surface area contributed by atoms with Crippen molar-refractivity contribution in [2.75, 3.05) is 13.2 Å². The van der Waals surface area contributed by atoms with Crippen LogP contribution < -0.4 is 10.5 Å². The normalized spacial score (nSPS) is 20.7. The number of rotatable bonds is 6. The third-order valence-corrected chi connectivity index (χ3v) is 4.41. The van der Waals surface area contributed by atoms with E-state index in [1.165, 1.54) is 6.07 Å². The van der Waals surface area contributed by atoms with Crippen molar-refractivity contribution < 1.29 is 18.7 Å². The molecule has 3 rings (SSSR count). The van der Waals surface area contributed by atoms with Gasteiger partial charge in [0.1, 0.15) is 18.5 Å². The molecule has 0 saturated carbocycles. The number of carbonyl (C=O) groups excluding carboxylic acids is 1. The van der Waals surface area contributed by atoms with Gasteiger partial charge in [0, 0.05) is 30.9 Å². The third kappa shape index (κ3) is 4.36. The van der Waals surface area contributed by atoms with Gasteiger partial charge in [0.15, 0.2) is 0 Å². The highest BCUT2D eigenvalue weighted by Crippen LogP contribution is 2.18. The Morgan fingerprint density at radius 2 is 2.19 bits per heavy atom. The number of carbonyl (C=O) groups is 1. The number of ether oxygens (including phenoxy) is 2. The Morgan fingerprint density at radius 3 is 2.88 bits per heavy atom. The molecule has 26 heavy (non-hydrogen) atoms. The molecule has 1 amide bonds. The predicted octanol–water partition coefficient (Wildman–Crippen LogP) is 1.87. The molecule has 1 aliphatic rings. The van der Waals surface area contributed by atoms with Gasteiger partial charge in [-0.3, -0.25) is 9.69 Å². The number of pyridine rings is 1. The molecule has 0 unspecified atom stereocenters. The molecule has 1 aliphatic heterocycles. The van der Waals surface area contributed by atoms with Crippen LogP contribution in [0.25, 0.3) is 0 Å². The fourth-order valence-corrected chi connectivity index (χ4v) is 3.06. The molecule has 0 aliphatic carbocycles. The average Bonchev–Trinajstić information content (AvgIpc) is 2.62. The zero-order valence-electron chi connectivity index (χ0n) is 14.6. The van der Waals surface area contributed by atoms with Crippen molar-refractivity contribution in [3.05, 3.63) is 59.5 Å². The summed E-state index contributed by atoms with van der Waals surface area (Å²) >= 11 is 0. The highest BCUT2D eigenvalue weighted by atomic mass is 19.1. The largest absolute Gasteiger partial charge is 0.473 e. The molecule has 0 radical (unpaired) electrons. The van der Waals surface area contributed by atoms with Gasteiger partial charge in [0.25, 0.3) is 0 Å². The lowest BCUT2D eigenvalue weighted by molar-refractivity contribution is -0.136. The van der Waals surface area contributed by atoms with E-state index in [0.29, 0.717) is 31.1 Å². The van der Waals surface area contributed by atoms with Gasteiger partial charge in [0.05, 0.1) is 12.7 Å². The number of primary amides is 1. The Balaban J connectivity index is 1.60. The number of nitrogens with zero attached hydrogens (tertiary/aromatic N) is 2. The van der Waals surface area contributed by atoms with E-state index < -0.39 is 11.9 Å². The molecule has 0 bridgehead atoms. The zero-order chi connectivity index (χ0) is 18.5. The molecule has 2 aromatic rings. The van der Waals surface area contributed by atoms with Crippen molar-refractivity contribution in [2.24, 2.45) is 5.73 Å². The van der Waals surface area contributed by atoms with E-state index in [9.17, 15) is 9.18 Å². The van der Waals surface area contributed by atoms with E-state index in [1.807, 2.05) is 17.9 Å². The number of hydrogen-bond donors (Lipinski definition) is 1. The smallest absolute Gasteiger partial charge is 0.237 e. The Labute approximate surface area is 151 Å². The lowest BCUT2D eigenvalue weighted by Crippen LogP contribution is -2.56. The van der Waals surface area contributed by atoms with E-state index in [-0.39, 0.29) is 18.5 Å². The monoisotopic (exact) mass is 359 g/mol. The topological polar surface area (TPSA) is 77.7 Å². The molecule has 2 atom stereocenters. The first-order valence-electron chi connectivity index (χ1n) is 8.50. The second-order valence-electron chi connectivity index (χ2n) is 6.28. The minimum absolute atomic E-state index is 0.115. The van der Waals surface area contributed by atoms with Gasteiger partial charge in [-0.05, 0) is 18.6 Å². The van der Waals surface area contributed by atoms with Crippen LogP contribution in [-0.2, 0) is 22.7 Å². The minimum atomic E-state index is -0.458. The Morgan fingerprint density at radius 1 is 1.38 bits per heavy atom. The van der Waals surface area contributed by atoms with Crippen LogP contribution in [0.1, 0.15) is 18.1 Å². The third-order valence-electron chi connectivity index (χ3n) is 4.41. The summed E-state index contributed by atoms with van der Waals surface area (Å²) in [6.45, 7) is 3.69. The van der Waals surface area contributed by atoms with Crippen LogP contribution in [0.15, 0.2) is 42.6 Å². The summed E-state index contributed by atoms with van der Waals surface area (Å²) in [6.07, 6.45) is 1.45. The van der Waals surface area contributed by atoms with Gasteiger partial charge >= 0.3 is 0 Å². The Hall–Kier alpha value is -2.51. The maximum absolute atomic E-state index is 13.6. The number of aromatic nitrogens is 1. The first kappa shape index (κ1) is 18.3. The minimum Gasteiger partial charge on any atom is -0.473 e. The van der Waals surface area contributed by atoms with Gasteiger partial charge < -0.3 is 15.2 Å². The molecule has 1 aromatic heterocycles. The maximum Gasteiger partial charge on any atom is 0.237 e. The summed E-state index contributed by atoms with van der Waals surface area (Å²) in [5.41, 5.74) is 6.92. The van der Waals surface area contributed by atoms with Crippen LogP contribution >= 0.6 is 0 Å². The van der Waals surface area contributed by atoms with Crippen molar-refractivity contribution >= 4 is 5.91 Å². The molecule has 0 spiro atoms. The molecule has 2 N–H and O–H groups in total. The molecule has 1 saturated heterocycles. The van der Waals surface area contributed by atoms with Gasteiger partial charge in [-0.1, -0.05) is 24.3 Å². The fraction of sp³-hybridized carbons (Fsp3) is 0.368. The summed E-state index contributed by atoms with van der Waals surface area (Å²) in [4.78, 5) is 18.0. The number of halogens is 1. The molecular weight excluding hydrogens is 337 g/mol. The van der Waals surface area contributed by atoms with E-state index in [1.54, 1.807) is 30.5 Å². The highest BCUT2D eigenvalue weighted by Gasteiger charge is 2.33. The summed E-state index contributed by atoms with van der Waals surface area (Å²) < 4.78 is 24.6. The first-order valence-corrected chi connectivity index (χ1v) is 8.50. The maximum atomic E-state index is 13.6. The summed E-state index contributed by atoms with van der Waals surface area (Å²) in [5.74, 6) is -0.281. The summed E-state index contributed by atoms with van der Waals surface area (Å²) in [5, 5.41) is 0. The first-order chi connectivity index (χ1) is 12.5. The quantitative estimate of drug-likeness (QED) is 0.852. The number of hydrogen-bond acceptors (Lipinski definition) is 5. The molecule has 6 nitrogen and oxygen atoms in total. The van der Waals surface area contributed by atoms with Crippen molar-refractivity contribution in [3.8, 4) is 5.88 Å². The number of morpholine rings is 1. The summed E-state index contributed by atoms with van der Waals surface area (Å²) in [7, 11) is 0. The lowest BCUT2D eigenvalue weighted by Gasteiger charge is -2.37. The van der Waals surface area contributed by atoms with E-state index in [4.69, 9.17) is 15.2 Å². The van der Waals surface area contributed by atoms with Crippen molar-refractivity contribution in [1.29, 1.82) is 0 Å². The number of nitrogens with two attached hydrogens (primary N) is 1. The van der Waals surface area contributed by atoms with Gasteiger partial charge in [-0.2, -0.15) is 0 Å². The van der Waals surface area contributed by atoms with Gasteiger partial charge in [-0.15, -0.1) is 0 Å². The van der Waals surface area contributed by atoms with Crippen LogP contribution in [0.3, 0.4) is 0 Å². The van der Waals surface area contributed by atoms with E-state index in [0.717, 1.165) is 5.56 Å². The molecule has 2 heterocycles. The van der Waals surface area contributed by atoms with Crippen molar-refractivity contribution in [3.63, 3.8) is 0 Å². The number of amides is 1. The van der Waals surface area contributed by atoms with Crippen LogP contribution in [-0.4, -0.2) is 41.1 Å². The molecule has 1 fully saturated rings. The van der Waals surface area contributed by atoms with Crippen LogP contribution in [0, 0.1) is 5.82 Å². The molecule has 7 heteroatoms.